The van der Waals surface area contributed by atoms with Crippen LogP contribution in [-0.2, 0) is 47.4 Å². The van der Waals surface area contributed by atoms with Crippen LogP contribution in [0.1, 0.15) is 313 Å². The quantitative estimate of drug-likeness (QED) is 0.0495. The minimum atomic E-state index is -0.361. The second kappa shape index (κ2) is 98.7. The number of imidazole rings is 9. The normalized spacial score (nSPS) is 9.37. The number of nitrogens with zero attached hydrogens (tertiary/aromatic N) is 15. The zero-order chi connectivity index (χ0) is 104. The molecular formula is C87H148Br5Cl2I10N18O12V. The number of aromatic amines is 3. The Labute approximate surface area is 991 Å². The number of aromatic nitrogens is 18. The van der Waals surface area contributed by atoms with Crippen molar-refractivity contribution in [3.63, 3.8) is 0 Å². The molecular weight excluding hydrogens is 3280 g/mol. The summed E-state index contributed by atoms with van der Waals surface area (Å²) in [6, 6.07) is 0. The molecule has 0 radical (unpaired) electrons. The molecule has 0 atom stereocenters. The monoisotopic (exact) mass is 3420 g/mol. The van der Waals surface area contributed by atoms with Crippen LogP contribution in [0.4, 0.5) is 0 Å². The second-order valence-electron chi connectivity index (χ2n) is 25.3. The molecule has 10 heterocycles. The Morgan fingerprint density at radius 3 is 0.881 bits per heavy atom. The molecule has 1 aliphatic heterocycles. The molecule has 0 aliphatic carbocycles. The first-order chi connectivity index (χ1) is 59.7. The van der Waals surface area contributed by atoms with Gasteiger partial charge in [0, 0.05) is 166 Å². The standard InChI is InChI=1S/C9H12N2O2.2C8H11BrN2O.2C8H12N2O.C7H9BrN2O.2C7H10N2O.C5H8N2.C4H8O.2C2H3ClO.C2H6.CHI3.CH2I2.2CH3I.6CH4.Br2.3HI.V/c1-5-9(6(2)12)10-7(3)11(5)8(4)13;1-5-8(7(12)4-9)10-6(2)11(5)3;1-5-8(7(12)4-9)11(3)6(2)10-5;1-5-8(6(2)11)9-7(3)10(5)4;1-5-8(6(2)11)10(4)7(3)9-5;1-4-7(6(11)3-8)10-5(2)9-4;1-5-4-9(7(3)10)6(2)8-5;1-4-7(5(2)10)9-6(3)8-4;1-4-3-6-5(2)7-4;1-2-4-5-3-1;2*1-2(3)4;1-2;2-1(3)4;2-1-3;2*1-2;;;;;;;1-2;;;;/h1-4H3;2*4H2,1-3H3;2*1-4H3;3H2,1-2H3,(H,9,10);4H,1-3H3;1-3H3,(H,8,9);3H,1-2H3,(H,6,7);1-4H2;2*1H3;1-2H3;1H;1H2;2*1H3;6*1H4;;3*1H;/q;;;;;;;;;;;;;;;;;;;;;;;;;;;+3/p-3. The van der Waals surface area contributed by atoms with Crippen LogP contribution in [0.2, 0.25) is 0 Å². The van der Waals surface area contributed by atoms with Gasteiger partial charge in [0.05, 0.1) is 41.2 Å². The molecule has 0 unspecified atom stereocenters. The van der Waals surface area contributed by atoms with Crippen molar-refractivity contribution in [2.24, 2.45) is 28.2 Å². The van der Waals surface area contributed by atoms with E-state index in [1.165, 1.54) is 72.9 Å². The molecule has 10 rings (SSSR count). The van der Waals surface area contributed by atoms with Crippen LogP contribution < -0.4 is 0 Å². The summed E-state index contributed by atoms with van der Waals surface area (Å²) < 4.78 is 17.3. The van der Waals surface area contributed by atoms with Crippen molar-refractivity contribution in [1.82, 2.24) is 87.2 Å². The molecule has 0 bridgehead atoms. The van der Waals surface area contributed by atoms with Gasteiger partial charge in [0.15, 0.2) is 40.5 Å². The summed E-state index contributed by atoms with van der Waals surface area (Å²) >= 11 is 47.3. The fourth-order valence-corrected chi connectivity index (χ4v) is 10.7. The van der Waals surface area contributed by atoms with E-state index in [1.807, 2.05) is 187 Å². The number of nitrogens with one attached hydrogen (secondary N) is 3. The Morgan fingerprint density at radius 1 is 0.422 bits per heavy atom. The molecule has 0 saturated carbocycles. The summed E-state index contributed by atoms with van der Waals surface area (Å²) in [5, 5.41) is 0.301. The van der Waals surface area contributed by atoms with Crippen LogP contribution in [0.3, 0.4) is 0 Å². The number of H-pyrrole nitrogens is 3. The number of carbonyl (C=O) groups excluding carboxylic acids is 11. The number of ketones is 7. The van der Waals surface area contributed by atoms with Crippen molar-refractivity contribution < 1.29 is 62.4 Å². The number of aryl methyl sites for hydroxylation is 15. The number of rotatable bonds is 10. The summed E-state index contributed by atoms with van der Waals surface area (Å²) in [5.41, 5.74) is 11.9. The fourth-order valence-electron chi connectivity index (χ4n) is 9.92. The number of hydrogen-bond acceptors (Lipinski definition) is 21. The van der Waals surface area contributed by atoms with E-state index in [4.69, 9.17) is 4.74 Å². The first-order valence-corrected chi connectivity index (χ1v) is 70.2. The molecule has 1 saturated heterocycles. The van der Waals surface area contributed by atoms with Crippen LogP contribution in [-0.4, -0.2) is 191 Å². The Balaban J connectivity index is -0.0000000884. The molecule has 30 nitrogen and oxygen atoms in total. The Hall–Kier alpha value is 0.0844. The third-order valence-corrected chi connectivity index (χ3v) is 16.8. The van der Waals surface area contributed by atoms with E-state index in [0.717, 1.165) is 105 Å². The van der Waals surface area contributed by atoms with Crippen molar-refractivity contribution in [3.05, 3.63) is 156 Å². The topological polar surface area (TPSA) is 390 Å². The fraction of sp³-hybridized carbons (Fsp3) is 0.563. The van der Waals surface area contributed by atoms with E-state index < -0.39 is 0 Å². The Bertz CT molecular complexity index is 4700. The number of carbonyl (C=O) groups is 11. The van der Waals surface area contributed by atoms with Gasteiger partial charge in [-0.15, -0.1) is 0 Å². The van der Waals surface area contributed by atoms with Crippen LogP contribution in [0.15, 0.2) is 12.4 Å². The maximum atomic E-state index is 11.4. The van der Waals surface area contributed by atoms with Gasteiger partial charge in [-0.05, 0) is 171 Å². The number of ether oxygens (including phenoxy) is 1. The van der Waals surface area contributed by atoms with Crippen molar-refractivity contribution in [2.45, 2.75) is 251 Å². The maximum absolute atomic E-state index is 11.4. The third-order valence-electron chi connectivity index (χ3n) is 15.3. The summed E-state index contributed by atoms with van der Waals surface area (Å²) in [4.78, 5) is 167. The molecule has 1 aliphatic rings. The van der Waals surface area contributed by atoms with Crippen molar-refractivity contribution in [3.8, 4) is 0 Å². The van der Waals surface area contributed by atoms with E-state index in [9.17, 15) is 52.7 Å². The average molecular weight is 3430 g/mol. The average Bonchev–Trinajstić information content (AvgIpc) is 1.67. The van der Waals surface area contributed by atoms with Gasteiger partial charge in [0.1, 0.15) is 92.2 Å². The first-order valence-electron chi connectivity index (χ1n) is 37.7. The third kappa shape index (κ3) is 79.0. The van der Waals surface area contributed by atoms with E-state index in [0.29, 0.717) is 67.4 Å². The van der Waals surface area contributed by atoms with Crippen molar-refractivity contribution in [1.29, 1.82) is 0 Å². The van der Waals surface area contributed by atoms with Gasteiger partial charge < -0.3 is 38.0 Å². The van der Waals surface area contributed by atoms with Gasteiger partial charge in [0.25, 0.3) is 0 Å². The van der Waals surface area contributed by atoms with Crippen LogP contribution in [0.25, 0.3) is 0 Å². The molecule has 0 spiro atoms. The number of Topliss-reactive ketones (excluding diaryl/α,β-unsaturated/α-hetero) is 7. The zero-order valence-electron chi connectivity index (χ0n) is 79.4. The Morgan fingerprint density at radius 2 is 0.719 bits per heavy atom. The van der Waals surface area contributed by atoms with Gasteiger partial charge in [-0.2, -0.15) is 0 Å². The van der Waals surface area contributed by atoms with Gasteiger partial charge >= 0.3 is 64.9 Å². The predicted octanol–water partition coefficient (Wildman–Crippen LogP) is 30.1. The molecule has 1 fully saturated rings. The van der Waals surface area contributed by atoms with Crippen LogP contribution >= 0.6 is 317 Å². The van der Waals surface area contributed by atoms with E-state index in [-0.39, 0.29) is 112 Å². The summed E-state index contributed by atoms with van der Waals surface area (Å²) in [6.07, 6.45) is 6.10. The van der Waals surface area contributed by atoms with E-state index in [1.54, 1.807) is 27.0 Å². The number of alkyl halides is 10. The molecule has 0 aromatic carbocycles. The summed E-state index contributed by atoms with van der Waals surface area (Å²) in [6.45, 7) is 51.0. The van der Waals surface area contributed by atoms with Gasteiger partial charge in [-0.3, -0.25) is 61.9 Å². The number of hydrogen-bond donors (Lipinski definition) is 3. The first kappa shape index (κ1) is 168. The van der Waals surface area contributed by atoms with Gasteiger partial charge in [0.2, 0.25) is 22.3 Å². The van der Waals surface area contributed by atoms with Crippen LogP contribution in [0.5, 0.6) is 0 Å². The van der Waals surface area contributed by atoms with E-state index >= 15 is 0 Å². The minimum absolute atomic E-state index is 0. The molecule has 782 valence electrons. The zero-order valence-corrected chi connectivity index (χ0v) is 112. The Kier molecular flexibility index (Phi) is 123. The molecule has 48 heteroatoms. The van der Waals surface area contributed by atoms with E-state index in [2.05, 4.69) is 377 Å². The van der Waals surface area contributed by atoms with Gasteiger partial charge in [-0.1, -0.05) is 264 Å². The summed E-state index contributed by atoms with van der Waals surface area (Å²) in [7, 11) is 7.52. The summed E-state index contributed by atoms with van der Waals surface area (Å²) in [5.74, 6) is 7.44. The van der Waals surface area contributed by atoms with Crippen molar-refractivity contribution in [2.75, 3.05) is 41.5 Å². The predicted molar refractivity (Wildman–Crippen MR) is 669 cm³/mol. The van der Waals surface area contributed by atoms with Gasteiger partial charge in [-0.25, -0.2) is 44.9 Å². The van der Waals surface area contributed by atoms with Crippen molar-refractivity contribution >= 4 is 380 Å². The second-order valence-corrected chi connectivity index (χ2v) is 78.8. The molecule has 135 heavy (non-hydrogen) atoms. The molecule has 3 N–H and O–H groups in total. The molecule has 9 aromatic rings. The van der Waals surface area contributed by atoms with Crippen LogP contribution in [0, 0.1) is 125 Å². The number of halogens is 17. The SMILES string of the molecule is BrBr.C.C.C.C.C.C.C1CCOC1.CC.CC(=O)Cl.CC(=O)Cl.CC(=O)c1c(C)nc(C)n1C.CC(=O)c1nc(C)[nH]c1C.CC(=O)c1nc(C)n(C(C)=O)c1C.CC(=O)c1nc(C)n(C)c1C.CC(=O)n1cc(C)nc1C.CI.CI.Cc1cnc(C)[nH]1.Cc1nc(C(=O)CBr)c(C)[nH]1.Cc1nc(C(=O)CBr)c(C)n1C.Cc1nc(C)n(C)c1C(=O)CBr.IC(I)I.ICI.[I][V]([I])[I]. The molecule has 9 aromatic heterocycles. The molecule has 0 amide bonds.